The number of imide groups is 1. The van der Waals surface area contributed by atoms with Gasteiger partial charge < -0.3 is 5.32 Å². The van der Waals surface area contributed by atoms with Crippen molar-refractivity contribution in [2.75, 3.05) is 10.2 Å². The zero-order valence-electron chi connectivity index (χ0n) is 16.1. The van der Waals surface area contributed by atoms with Gasteiger partial charge in [-0.25, -0.2) is 9.29 Å². The van der Waals surface area contributed by atoms with Crippen LogP contribution in [0.3, 0.4) is 0 Å². The number of benzene rings is 3. The molecule has 0 unspecified atom stereocenters. The molecule has 0 aromatic heterocycles. The van der Waals surface area contributed by atoms with E-state index in [9.17, 15) is 18.8 Å². The maximum absolute atomic E-state index is 14.0. The molecule has 0 fully saturated rings. The van der Waals surface area contributed by atoms with Crippen LogP contribution in [0.25, 0.3) is 0 Å². The average molecular weight is 423 g/mol. The molecule has 0 saturated carbocycles. The Morgan fingerprint density at radius 2 is 1.67 bits per heavy atom. The predicted molar refractivity (Wildman–Crippen MR) is 113 cm³/mol. The highest BCUT2D eigenvalue weighted by Gasteiger charge is 2.37. The molecule has 0 radical (unpaired) electrons. The van der Waals surface area contributed by atoms with Crippen LogP contribution >= 0.6 is 11.6 Å². The topological polar surface area (TPSA) is 66.5 Å². The number of anilines is 2. The minimum absolute atomic E-state index is 0.0377. The molecule has 5 nitrogen and oxygen atoms in total. The highest BCUT2D eigenvalue weighted by atomic mass is 35.5. The lowest BCUT2D eigenvalue weighted by Crippen LogP contribution is -2.30. The van der Waals surface area contributed by atoms with Gasteiger partial charge in [-0.05, 0) is 67.4 Å². The monoisotopic (exact) mass is 422 g/mol. The molecule has 1 N–H and O–H groups in total. The summed E-state index contributed by atoms with van der Waals surface area (Å²) in [4.78, 5) is 39.5. The second-order valence-corrected chi connectivity index (χ2v) is 7.51. The molecule has 0 bridgehead atoms. The average Bonchev–Trinajstić information content (AvgIpc) is 2.96. The lowest BCUT2D eigenvalue weighted by molar-refractivity contribution is 0.0925. The Morgan fingerprint density at radius 3 is 2.40 bits per heavy atom. The van der Waals surface area contributed by atoms with Crippen molar-refractivity contribution in [2.45, 2.75) is 13.8 Å². The Kier molecular flexibility index (Phi) is 4.87. The van der Waals surface area contributed by atoms with Crippen LogP contribution in [-0.4, -0.2) is 17.7 Å². The van der Waals surface area contributed by atoms with Crippen LogP contribution in [-0.2, 0) is 0 Å². The fourth-order valence-electron chi connectivity index (χ4n) is 3.35. The second-order valence-electron chi connectivity index (χ2n) is 7.07. The summed E-state index contributed by atoms with van der Waals surface area (Å²) in [6.45, 7) is 3.69. The van der Waals surface area contributed by atoms with Crippen molar-refractivity contribution in [1.29, 1.82) is 0 Å². The molecule has 3 amide bonds. The largest absolute Gasteiger partial charge is 0.319 e. The summed E-state index contributed by atoms with van der Waals surface area (Å²) in [5.41, 5.74) is 2.65. The van der Waals surface area contributed by atoms with Crippen molar-refractivity contribution >= 4 is 40.7 Å². The van der Waals surface area contributed by atoms with E-state index in [0.717, 1.165) is 22.1 Å². The quantitative estimate of drug-likeness (QED) is 0.593. The predicted octanol–water partition coefficient (Wildman–Crippen LogP) is 5.15. The van der Waals surface area contributed by atoms with E-state index in [1.165, 1.54) is 30.3 Å². The molecule has 1 aliphatic heterocycles. The van der Waals surface area contributed by atoms with Crippen LogP contribution in [0, 0.1) is 19.7 Å². The van der Waals surface area contributed by atoms with Gasteiger partial charge in [0.1, 0.15) is 5.82 Å². The summed E-state index contributed by atoms with van der Waals surface area (Å²) >= 11 is 5.72. The number of carbonyl (C=O) groups is 3. The smallest absolute Gasteiger partial charge is 0.266 e. The van der Waals surface area contributed by atoms with E-state index in [4.69, 9.17) is 11.6 Å². The number of aryl methyl sites for hydroxylation is 2. The lowest BCUT2D eigenvalue weighted by Gasteiger charge is -2.17. The van der Waals surface area contributed by atoms with Gasteiger partial charge in [0.2, 0.25) is 0 Å². The highest BCUT2D eigenvalue weighted by molar-refractivity contribution is 6.35. The summed E-state index contributed by atoms with van der Waals surface area (Å²) in [6.07, 6.45) is 0. The van der Waals surface area contributed by atoms with E-state index in [2.05, 4.69) is 5.32 Å². The summed E-state index contributed by atoms with van der Waals surface area (Å²) in [5, 5.41) is 2.66. The molecule has 3 aromatic carbocycles. The van der Waals surface area contributed by atoms with Crippen LogP contribution in [0.1, 0.15) is 42.2 Å². The van der Waals surface area contributed by atoms with Gasteiger partial charge in [0.05, 0.1) is 22.5 Å². The third kappa shape index (κ3) is 3.35. The Balaban J connectivity index is 1.66. The van der Waals surface area contributed by atoms with Gasteiger partial charge in [-0.1, -0.05) is 23.7 Å². The summed E-state index contributed by atoms with van der Waals surface area (Å²) in [5.74, 6) is -2.23. The standard InChI is InChI=1S/C23H16ClFN2O3/c1-12-3-4-13(2)20(9-12)27-22(29)16-7-5-14(10-17(16)23(27)30)21(28)26-19-8-6-15(24)11-18(19)25/h3-11H,1-2H3,(H,26,28). The van der Waals surface area contributed by atoms with Crippen LogP contribution in [0.15, 0.2) is 54.6 Å². The molecule has 30 heavy (non-hydrogen) atoms. The normalized spacial score (nSPS) is 12.9. The van der Waals surface area contributed by atoms with E-state index >= 15 is 0 Å². The minimum Gasteiger partial charge on any atom is -0.319 e. The molecule has 7 heteroatoms. The van der Waals surface area contributed by atoms with Crippen molar-refractivity contribution in [3.63, 3.8) is 0 Å². The first-order valence-electron chi connectivity index (χ1n) is 9.13. The van der Waals surface area contributed by atoms with Gasteiger partial charge in [-0.3, -0.25) is 14.4 Å². The zero-order chi connectivity index (χ0) is 21.6. The van der Waals surface area contributed by atoms with Crippen LogP contribution in [0.5, 0.6) is 0 Å². The van der Waals surface area contributed by atoms with Gasteiger partial charge in [0.15, 0.2) is 0 Å². The molecule has 150 valence electrons. The number of fused-ring (bicyclic) bond motifs is 1. The van der Waals surface area contributed by atoms with Crippen molar-refractivity contribution in [3.8, 4) is 0 Å². The Morgan fingerprint density at radius 1 is 0.933 bits per heavy atom. The fourth-order valence-corrected chi connectivity index (χ4v) is 3.51. The van der Waals surface area contributed by atoms with Crippen molar-refractivity contribution in [2.24, 2.45) is 0 Å². The first kappa shape index (κ1) is 19.8. The van der Waals surface area contributed by atoms with Crippen molar-refractivity contribution in [3.05, 3.63) is 93.3 Å². The molecule has 0 atom stereocenters. The van der Waals surface area contributed by atoms with E-state index in [0.29, 0.717) is 5.69 Å². The molecular weight excluding hydrogens is 407 g/mol. The molecule has 0 aliphatic carbocycles. The third-order valence-electron chi connectivity index (χ3n) is 4.93. The highest BCUT2D eigenvalue weighted by Crippen LogP contribution is 2.32. The number of nitrogens with zero attached hydrogens (tertiary/aromatic N) is 1. The maximum atomic E-state index is 14.0. The van der Waals surface area contributed by atoms with E-state index < -0.39 is 23.5 Å². The van der Waals surface area contributed by atoms with E-state index in [1.807, 2.05) is 26.0 Å². The van der Waals surface area contributed by atoms with Gasteiger partial charge in [0, 0.05) is 10.6 Å². The molecule has 4 rings (SSSR count). The number of hydrogen-bond acceptors (Lipinski definition) is 3. The number of rotatable bonds is 3. The zero-order valence-corrected chi connectivity index (χ0v) is 16.9. The van der Waals surface area contributed by atoms with E-state index in [-0.39, 0.29) is 27.4 Å². The van der Waals surface area contributed by atoms with Crippen molar-refractivity contribution in [1.82, 2.24) is 0 Å². The number of carbonyl (C=O) groups excluding carboxylic acids is 3. The van der Waals surface area contributed by atoms with Gasteiger partial charge in [0.25, 0.3) is 17.7 Å². The first-order valence-corrected chi connectivity index (χ1v) is 9.50. The molecule has 0 spiro atoms. The van der Waals surface area contributed by atoms with Gasteiger partial charge in [-0.15, -0.1) is 0 Å². The first-order chi connectivity index (χ1) is 14.3. The molecule has 0 saturated heterocycles. The van der Waals surface area contributed by atoms with Gasteiger partial charge >= 0.3 is 0 Å². The number of halogens is 2. The SMILES string of the molecule is Cc1ccc(C)c(N2C(=O)c3ccc(C(=O)Nc4ccc(Cl)cc4F)cc3C2=O)c1. The second kappa shape index (κ2) is 7.39. The summed E-state index contributed by atoms with van der Waals surface area (Å²) < 4.78 is 14.0. The lowest BCUT2D eigenvalue weighted by atomic mass is 10.1. The van der Waals surface area contributed by atoms with Crippen molar-refractivity contribution < 1.29 is 18.8 Å². The van der Waals surface area contributed by atoms with E-state index in [1.54, 1.807) is 6.07 Å². The molecule has 1 aliphatic rings. The summed E-state index contributed by atoms with van der Waals surface area (Å²) in [7, 11) is 0. The fraction of sp³-hybridized carbons (Fsp3) is 0.0870. The molecule has 1 heterocycles. The summed E-state index contributed by atoms with van der Waals surface area (Å²) in [6, 6.07) is 13.6. The Labute approximate surface area is 177 Å². The number of hydrogen-bond donors (Lipinski definition) is 1. The Hall–Kier alpha value is -3.51. The Bertz CT molecular complexity index is 1240. The van der Waals surface area contributed by atoms with Gasteiger partial charge in [-0.2, -0.15) is 0 Å². The number of nitrogens with one attached hydrogen (secondary N) is 1. The molecule has 3 aromatic rings. The third-order valence-corrected chi connectivity index (χ3v) is 5.17. The maximum Gasteiger partial charge on any atom is 0.266 e. The van der Waals surface area contributed by atoms with Crippen LogP contribution in [0.2, 0.25) is 5.02 Å². The minimum atomic E-state index is -0.677. The molecular formula is C23H16ClFN2O3. The van der Waals surface area contributed by atoms with Crippen LogP contribution in [0.4, 0.5) is 15.8 Å². The number of amides is 3. The van der Waals surface area contributed by atoms with Crippen LogP contribution < -0.4 is 10.2 Å².